The van der Waals surface area contributed by atoms with Gasteiger partial charge in [-0.3, -0.25) is 0 Å². The Hall–Kier alpha value is -0.666. The first kappa shape index (κ1) is 18.4. The molecule has 0 amide bonds. The SMILES string of the molecule is CO[Si](CCCN(c1ccccc1)[Si](C)(C)C)(OC)OC. The quantitative estimate of drug-likeness (QED) is 0.649. The molecule has 0 aliphatic rings. The van der Waals surface area contributed by atoms with Crippen LogP contribution < -0.4 is 4.57 Å². The van der Waals surface area contributed by atoms with Crippen molar-refractivity contribution in [2.75, 3.05) is 32.4 Å². The smallest absolute Gasteiger partial charge is 0.398 e. The van der Waals surface area contributed by atoms with Gasteiger partial charge in [0.25, 0.3) is 0 Å². The number of para-hydroxylation sites is 1. The van der Waals surface area contributed by atoms with Crippen LogP contribution in [0.2, 0.25) is 25.7 Å². The van der Waals surface area contributed by atoms with Gasteiger partial charge in [0.15, 0.2) is 0 Å². The third-order valence-corrected chi connectivity index (χ3v) is 8.61. The Morgan fingerprint density at radius 2 is 1.43 bits per heavy atom. The van der Waals surface area contributed by atoms with E-state index < -0.39 is 17.0 Å². The first-order valence-corrected chi connectivity index (χ1v) is 12.7. The van der Waals surface area contributed by atoms with E-state index in [0.717, 1.165) is 19.0 Å². The molecule has 0 bridgehead atoms. The third kappa shape index (κ3) is 5.23. The minimum Gasteiger partial charge on any atom is -0.398 e. The zero-order chi connectivity index (χ0) is 15.9. The molecule has 0 spiro atoms. The summed E-state index contributed by atoms with van der Waals surface area (Å²) in [6.07, 6.45) is 1.00. The Morgan fingerprint density at radius 1 is 0.905 bits per heavy atom. The van der Waals surface area contributed by atoms with Crippen LogP contribution in [0.15, 0.2) is 30.3 Å². The van der Waals surface area contributed by atoms with Crippen molar-refractivity contribution in [2.24, 2.45) is 0 Å². The molecule has 1 aromatic rings. The van der Waals surface area contributed by atoms with Gasteiger partial charge < -0.3 is 17.8 Å². The van der Waals surface area contributed by atoms with Crippen molar-refractivity contribution in [1.82, 2.24) is 0 Å². The zero-order valence-electron chi connectivity index (χ0n) is 14.2. The molecule has 0 fully saturated rings. The molecular weight excluding hydrogens is 298 g/mol. The molecule has 1 rings (SSSR count). The molecule has 1 aromatic carbocycles. The van der Waals surface area contributed by atoms with Gasteiger partial charge in [0, 0.05) is 39.6 Å². The molecule has 0 heterocycles. The van der Waals surface area contributed by atoms with Crippen molar-refractivity contribution in [3.05, 3.63) is 30.3 Å². The monoisotopic (exact) mass is 327 g/mol. The highest BCUT2D eigenvalue weighted by molar-refractivity contribution is 6.79. The van der Waals surface area contributed by atoms with E-state index in [0.29, 0.717) is 0 Å². The van der Waals surface area contributed by atoms with Crippen molar-refractivity contribution in [2.45, 2.75) is 32.1 Å². The van der Waals surface area contributed by atoms with E-state index in [9.17, 15) is 0 Å². The fourth-order valence-electron chi connectivity index (χ4n) is 2.47. The summed E-state index contributed by atoms with van der Waals surface area (Å²) in [6, 6.07) is 11.5. The molecule has 6 heteroatoms. The third-order valence-electron chi connectivity index (χ3n) is 3.68. The van der Waals surface area contributed by atoms with E-state index >= 15 is 0 Å². The Kier molecular flexibility index (Phi) is 7.09. The highest BCUT2D eigenvalue weighted by atomic mass is 28.4. The van der Waals surface area contributed by atoms with E-state index in [-0.39, 0.29) is 0 Å². The Labute approximate surface area is 131 Å². The van der Waals surface area contributed by atoms with Gasteiger partial charge in [-0.15, -0.1) is 0 Å². The molecule has 0 saturated heterocycles. The topological polar surface area (TPSA) is 30.9 Å². The predicted octanol–water partition coefficient (Wildman–Crippen LogP) is 3.60. The fraction of sp³-hybridized carbons (Fsp3) is 0.600. The van der Waals surface area contributed by atoms with Gasteiger partial charge in [-0.2, -0.15) is 0 Å². The molecule has 120 valence electrons. The summed E-state index contributed by atoms with van der Waals surface area (Å²) in [5.41, 5.74) is 1.30. The van der Waals surface area contributed by atoms with Crippen LogP contribution in [-0.2, 0) is 13.3 Å². The lowest BCUT2D eigenvalue weighted by Gasteiger charge is -2.37. The van der Waals surface area contributed by atoms with Gasteiger partial charge in [-0.05, 0) is 18.6 Å². The lowest BCUT2D eigenvalue weighted by Crippen LogP contribution is -2.48. The first-order valence-electron chi connectivity index (χ1n) is 7.36. The van der Waals surface area contributed by atoms with Crippen molar-refractivity contribution < 1.29 is 13.3 Å². The molecule has 0 unspecified atom stereocenters. The highest BCUT2D eigenvalue weighted by Gasteiger charge is 2.37. The summed E-state index contributed by atoms with van der Waals surface area (Å²) >= 11 is 0. The number of anilines is 1. The molecule has 0 aliphatic heterocycles. The van der Waals surface area contributed by atoms with E-state index in [4.69, 9.17) is 13.3 Å². The lowest BCUT2D eigenvalue weighted by atomic mass is 10.3. The first-order chi connectivity index (χ1) is 9.88. The molecule has 0 N–H and O–H groups in total. The van der Waals surface area contributed by atoms with Crippen LogP contribution in [0, 0.1) is 0 Å². The van der Waals surface area contributed by atoms with Gasteiger partial charge in [-0.1, -0.05) is 37.8 Å². The van der Waals surface area contributed by atoms with E-state index in [2.05, 4.69) is 54.5 Å². The van der Waals surface area contributed by atoms with Crippen molar-refractivity contribution in [3.63, 3.8) is 0 Å². The number of rotatable bonds is 9. The summed E-state index contributed by atoms with van der Waals surface area (Å²) in [4.78, 5) is 0. The second-order valence-electron chi connectivity index (χ2n) is 6.06. The summed E-state index contributed by atoms with van der Waals surface area (Å²) in [6.45, 7) is 8.11. The number of nitrogens with zero attached hydrogens (tertiary/aromatic N) is 1. The summed E-state index contributed by atoms with van der Waals surface area (Å²) < 4.78 is 19.0. The van der Waals surface area contributed by atoms with Crippen LogP contribution in [0.1, 0.15) is 6.42 Å². The van der Waals surface area contributed by atoms with Gasteiger partial charge >= 0.3 is 8.80 Å². The maximum absolute atomic E-state index is 5.50. The molecule has 4 nitrogen and oxygen atoms in total. The van der Waals surface area contributed by atoms with Crippen LogP contribution in [0.5, 0.6) is 0 Å². The predicted molar refractivity (Wildman–Crippen MR) is 93.3 cm³/mol. The molecule has 21 heavy (non-hydrogen) atoms. The van der Waals surface area contributed by atoms with E-state index in [1.54, 1.807) is 21.3 Å². The summed E-state index contributed by atoms with van der Waals surface area (Å²) in [7, 11) is 1.14. The number of hydrogen-bond donors (Lipinski definition) is 0. The van der Waals surface area contributed by atoms with Gasteiger partial charge in [0.1, 0.15) is 8.24 Å². The van der Waals surface area contributed by atoms with E-state index in [1.165, 1.54) is 5.69 Å². The summed E-state index contributed by atoms with van der Waals surface area (Å²) in [5.74, 6) is 0. The highest BCUT2D eigenvalue weighted by Crippen LogP contribution is 2.23. The van der Waals surface area contributed by atoms with Crippen LogP contribution in [0.3, 0.4) is 0 Å². The second-order valence-corrected chi connectivity index (χ2v) is 14.0. The number of benzene rings is 1. The lowest BCUT2D eigenvalue weighted by molar-refractivity contribution is 0.123. The van der Waals surface area contributed by atoms with Crippen molar-refractivity contribution >= 4 is 22.7 Å². The van der Waals surface area contributed by atoms with Gasteiger partial charge in [0.05, 0.1) is 0 Å². The van der Waals surface area contributed by atoms with Gasteiger partial charge in [0.2, 0.25) is 0 Å². The van der Waals surface area contributed by atoms with Crippen LogP contribution in [-0.4, -0.2) is 44.9 Å². The maximum atomic E-state index is 5.50. The van der Waals surface area contributed by atoms with E-state index in [1.807, 2.05) is 0 Å². The second kappa shape index (κ2) is 8.09. The van der Waals surface area contributed by atoms with Crippen LogP contribution >= 0.6 is 0 Å². The molecule has 0 atom stereocenters. The average molecular weight is 328 g/mol. The fourth-order valence-corrected chi connectivity index (χ4v) is 5.93. The Bertz CT molecular complexity index is 397. The van der Waals surface area contributed by atoms with Crippen LogP contribution in [0.25, 0.3) is 0 Å². The molecule has 0 aromatic heterocycles. The normalized spacial score (nSPS) is 12.5. The Balaban J connectivity index is 2.72. The number of hydrogen-bond acceptors (Lipinski definition) is 4. The zero-order valence-corrected chi connectivity index (χ0v) is 16.2. The standard InChI is InChI=1S/C15H29NO3Si2/c1-17-21(18-2,19-3)14-10-13-16(20(4,5)6)15-11-8-7-9-12-15/h7-9,11-12H,10,13-14H2,1-6H3. The molecular formula is C15H29NO3Si2. The average Bonchev–Trinajstić information content (AvgIpc) is 2.48. The maximum Gasteiger partial charge on any atom is 0.500 e. The minimum atomic E-state index is -2.46. The minimum absolute atomic E-state index is 0.838. The van der Waals surface area contributed by atoms with Crippen molar-refractivity contribution in [3.8, 4) is 0 Å². The van der Waals surface area contributed by atoms with Crippen LogP contribution in [0.4, 0.5) is 5.69 Å². The van der Waals surface area contributed by atoms with Gasteiger partial charge in [-0.25, -0.2) is 0 Å². The molecule has 0 radical (unpaired) electrons. The Morgan fingerprint density at radius 3 is 1.86 bits per heavy atom. The largest absolute Gasteiger partial charge is 0.500 e. The van der Waals surface area contributed by atoms with Crippen molar-refractivity contribution in [1.29, 1.82) is 0 Å². The molecule has 0 aliphatic carbocycles. The summed E-state index contributed by atoms with van der Waals surface area (Å²) in [5, 5.41) is 0. The molecule has 0 saturated carbocycles.